The van der Waals surface area contributed by atoms with Gasteiger partial charge in [-0.15, -0.1) is 5.10 Å². The molecule has 4 nitrogen and oxygen atoms in total. The van der Waals surface area contributed by atoms with Crippen LogP contribution in [-0.4, -0.2) is 17.8 Å². The molecule has 0 radical (unpaired) electrons. The van der Waals surface area contributed by atoms with Crippen LogP contribution in [0.25, 0.3) is 10.2 Å². The van der Waals surface area contributed by atoms with E-state index < -0.39 is 0 Å². The number of benzene rings is 3. The first-order chi connectivity index (χ1) is 13.2. The number of para-hydroxylation sites is 2. The number of thiazole rings is 1. The van der Waals surface area contributed by atoms with Crippen molar-refractivity contribution in [2.45, 2.75) is 0 Å². The van der Waals surface area contributed by atoms with Crippen LogP contribution in [0.15, 0.2) is 89.1 Å². The first-order valence-corrected chi connectivity index (χ1v) is 9.54. The average molecular weight is 372 g/mol. The average Bonchev–Trinajstić information content (AvgIpc) is 3.05. The van der Waals surface area contributed by atoms with E-state index in [1.165, 1.54) is 10.2 Å². The van der Waals surface area contributed by atoms with Crippen LogP contribution in [0, 0.1) is 0 Å². The van der Waals surface area contributed by atoms with E-state index in [0.29, 0.717) is 0 Å². The predicted molar refractivity (Wildman–Crippen MR) is 115 cm³/mol. The summed E-state index contributed by atoms with van der Waals surface area (Å²) in [6.07, 6.45) is 1.79. The maximum Gasteiger partial charge on any atom is 0.211 e. The lowest BCUT2D eigenvalue weighted by atomic mass is 10.2. The molecule has 134 valence electrons. The van der Waals surface area contributed by atoms with Crippen LogP contribution in [0.3, 0.4) is 0 Å². The van der Waals surface area contributed by atoms with Crippen molar-refractivity contribution in [2.24, 2.45) is 17.3 Å². The summed E-state index contributed by atoms with van der Waals surface area (Å²) in [7, 11) is 4.08. The fraction of sp³-hybridized carbons (Fsp3) is 0.0909. The summed E-state index contributed by atoms with van der Waals surface area (Å²) in [5.41, 5.74) is 4.48. The summed E-state index contributed by atoms with van der Waals surface area (Å²) in [6.45, 7) is 0. The van der Waals surface area contributed by atoms with E-state index in [1.54, 1.807) is 17.6 Å². The fourth-order valence-corrected chi connectivity index (χ4v) is 3.88. The largest absolute Gasteiger partial charge is 0.345 e. The van der Waals surface area contributed by atoms with E-state index in [-0.39, 0.29) is 0 Å². The number of fused-ring (bicyclic) bond motifs is 1. The molecule has 27 heavy (non-hydrogen) atoms. The number of anilines is 2. The lowest BCUT2D eigenvalue weighted by Gasteiger charge is -2.19. The molecule has 5 heteroatoms. The molecule has 0 saturated heterocycles. The molecular weight excluding hydrogens is 352 g/mol. The van der Waals surface area contributed by atoms with Gasteiger partial charge in [0, 0.05) is 25.5 Å². The highest BCUT2D eigenvalue weighted by Crippen LogP contribution is 2.23. The third kappa shape index (κ3) is 3.68. The first-order valence-electron chi connectivity index (χ1n) is 8.73. The van der Waals surface area contributed by atoms with Gasteiger partial charge in [0.2, 0.25) is 4.80 Å². The molecule has 4 aromatic rings. The van der Waals surface area contributed by atoms with Crippen LogP contribution < -0.4 is 9.70 Å². The molecular formula is C22H20N4S. The van der Waals surface area contributed by atoms with Crippen molar-refractivity contribution in [2.75, 3.05) is 11.9 Å². The lowest BCUT2D eigenvalue weighted by Crippen LogP contribution is -2.09. The van der Waals surface area contributed by atoms with Gasteiger partial charge in [-0.3, -0.25) is 0 Å². The molecule has 0 aliphatic rings. The summed E-state index contributed by atoms with van der Waals surface area (Å²) in [5.74, 6) is 0. The molecule has 1 aromatic heterocycles. The summed E-state index contributed by atoms with van der Waals surface area (Å²) in [4.78, 5) is 3.04. The molecule has 0 bridgehead atoms. The molecule has 0 unspecified atom stereocenters. The van der Waals surface area contributed by atoms with Crippen LogP contribution in [0.2, 0.25) is 0 Å². The SMILES string of the molecule is CN(c1ccccc1)c1ccc(C=NN=c2sc3ccccc3n2C)cc1. The van der Waals surface area contributed by atoms with Crippen LogP contribution >= 0.6 is 11.3 Å². The lowest BCUT2D eigenvalue weighted by molar-refractivity contribution is 0.889. The summed E-state index contributed by atoms with van der Waals surface area (Å²) in [6, 6.07) is 26.9. The Bertz CT molecular complexity index is 1140. The van der Waals surface area contributed by atoms with E-state index in [0.717, 1.165) is 21.7 Å². The molecule has 0 amide bonds. The van der Waals surface area contributed by atoms with Gasteiger partial charge in [-0.25, -0.2) is 0 Å². The Morgan fingerprint density at radius 1 is 0.852 bits per heavy atom. The number of hydrogen-bond donors (Lipinski definition) is 0. The minimum atomic E-state index is 0.882. The van der Waals surface area contributed by atoms with E-state index in [9.17, 15) is 0 Å². The Morgan fingerprint density at radius 3 is 2.26 bits per heavy atom. The fourth-order valence-electron chi connectivity index (χ4n) is 2.91. The Labute approximate surface area is 162 Å². The quantitative estimate of drug-likeness (QED) is 0.369. The van der Waals surface area contributed by atoms with E-state index in [2.05, 4.69) is 75.2 Å². The molecule has 0 atom stereocenters. The molecule has 0 fully saturated rings. The summed E-state index contributed by atoms with van der Waals surface area (Å²) >= 11 is 1.64. The Morgan fingerprint density at radius 2 is 1.52 bits per heavy atom. The maximum atomic E-state index is 4.38. The molecule has 0 N–H and O–H groups in total. The van der Waals surface area contributed by atoms with Crippen molar-refractivity contribution in [3.8, 4) is 0 Å². The number of rotatable bonds is 4. The minimum Gasteiger partial charge on any atom is -0.345 e. The van der Waals surface area contributed by atoms with Gasteiger partial charge in [-0.1, -0.05) is 53.8 Å². The van der Waals surface area contributed by atoms with Gasteiger partial charge in [-0.05, 0) is 42.0 Å². The first kappa shape index (κ1) is 17.2. The second-order valence-corrected chi connectivity index (χ2v) is 7.25. The number of nitrogens with zero attached hydrogens (tertiary/aromatic N) is 4. The Kier molecular flexibility index (Phi) is 4.85. The highest BCUT2D eigenvalue weighted by Gasteiger charge is 2.03. The zero-order chi connectivity index (χ0) is 18.6. The maximum absolute atomic E-state index is 4.38. The Balaban J connectivity index is 1.53. The van der Waals surface area contributed by atoms with Crippen molar-refractivity contribution in [1.29, 1.82) is 0 Å². The number of aryl methyl sites for hydroxylation is 1. The summed E-state index contributed by atoms with van der Waals surface area (Å²) in [5, 5.41) is 8.66. The van der Waals surface area contributed by atoms with Crippen LogP contribution in [0.1, 0.15) is 5.56 Å². The van der Waals surface area contributed by atoms with Crippen molar-refractivity contribution in [1.82, 2.24) is 4.57 Å². The van der Waals surface area contributed by atoms with E-state index >= 15 is 0 Å². The monoisotopic (exact) mass is 372 g/mol. The van der Waals surface area contributed by atoms with E-state index in [4.69, 9.17) is 0 Å². The van der Waals surface area contributed by atoms with Gasteiger partial charge in [0.25, 0.3) is 0 Å². The topological polar surface area (TPSA) is 32.9 Å². The Hall–Kier alpha value is -3.18. The number of aromatic nitrogens is 1. The smallest absolute Gasteiger partial charge is 0.211 e. The highest BCUT2D eigenvalue weighted by atomic mass is 32.1. The second kappa shape index (κ2) is 7.60. The van der Waals surface area contributed by atoms with Crippen molar-refractivity contribution in [3.63, 3.8) is 0 Å². The third-order valence-electron chi connectivity index (χ3n) is 4.49. The summed E-state index contributed by atoms with van der Waals surface area (Å²) < 4.78 is 3.28. The van der Waals surface area contributed by atoms with Crippen LogP contribution in [-0.2, 0) is 7.05 Å². The molecule has 0 aliphatic heterocycles. The molecule has 4 rings (SSSR count). The van der Waals surface area contributed by atoms with Crippen molar-refractivity contribution < 1.29 is 0 Å². The van der Waals surface area contributed by atoms with Gasteiger partial charge in [0.1, 0.15) is 0 Å². The van der Waals surface area contributed by atoms with Gasteiger partial charge in [0.05, 0.1) is 16.4 Å². The van der Waals surface area contributed by atoms with Crippen molar-refractivity contribution >= 4 is 39.1 Å². The number of hydrogen-bond acceptors (Lipinski definition) is 4. The van der Waals surface area contributed by atoms with Crippen LogP contribution in [0.4, 0.5) is 11.4 Å². The normalized spacial score (nSPS) is 12.1. The highest BCUT2D eigenvalue weighted by molar-refractivity contribution is 7.16. The van der Waals surface area contributed by atoms with Crippen molar-refractivity contribution in [3.05, 3.63) is 89.2 Å². The predicted octanol–water partition coefficient (Wildman–Crippen LogP) is 4.94. The van der Waals surface area contributed by atoms with Gasteiger partial charge in [0.15, 0.2) is 0 Å². The van der Waals surface area contributed by atoms with Crippen LogP contribution in [0.5, 0.6) is 0 Å². The van der Waals surface area contributed by atoms with Gasteiger partial charge in [-0.2, -0.15) is 5.10 Å². The van der Waals surface area contributed by atoms with E-state index in [1.807, 2.05) is 37.4 Å². The third-order valence-corrected chi connectivity index (χ3v) is 5.59. The molecule has 0 aliphatic carbocycles. The second-order valence-electron chi connectivity index (χ2n) is 6.24. The van der Waals surface area contributed by atoms with Gasteiger partial charge < -0.3 is 9.47 Å². The van der Waals surface area contributed by atoms with Gasteiger partial charge >= 0.3 is 0 Å². The zero-order valence-electron chi connectivity index (χ0n) is 15.3. The molecule has 0 saturated carbocycles. The molecule has 3 aromatic carbocycles. The molecule has 1 heterocycles. The minimum absolute atomic E-state index is 0.882. The molecule has 0 spiro atoms. The standard InChI is InChI=1S/C22H20N4S/c1-25(18-8-4-3-5-9-18)19-14-12-17(13-15-19)16-23-24-22-26(2)20-10-6-7-11-21(20)27-22/h3-16H,1-2H3. The zero-order valence-corrected chi connectivity index (χ0v) is 16.1.